The molecule has 0 spiro atoms. The Hall–Kier alpha value is -1.67. The van der Waals surface area contributed by atoms with E-state index < -0.39 is 0 Å². The van der Waals surface area contributed by atoms with Crippen molar-refractivity contribution in [1.82, 2.24) is 4.98 Å². The molecule has 0 unspecified atom stereocenters. The number of hydrogen-bond donors (Lipinski definition) is 0. The smallest absolute Gasteiger partial charge is 0.0708 e. The van der Waals surface area contributed by atoms with Gasteiger partial charge in [0.15, 0.2) is 0 Å². The summed E-state index contributed by atoms with van der Waals surface area (Å²) in [5.74, 6) is 0. The summed E-state index contributed by atoms with van der Waals surface area (Å²) in [5, 5.41) is 3.37. The maximum absolute atomic E-state index is 4.39. The number of benzene rings is 1. The van der Waals surface area contributed by atoms with Crippen LogP contribution in [0.5, 0.6) is 0 Å². The van der Waals surface area contributed by atoms with E-state index in [0.717, 1.165) is 5.52 Å². The van der Waals surface area contributed by atoms with Crippen LogP contribution in [0.3, 0.4) is 0 Å². The van der Waals surface area contributed by atoms with E-state index in [4.69, 9.17) is 0 Å². The summed E-state index contributed by atoms with van der Waals surface area (Å²) in [6, 6.07) is 12.6. The predicted molar refractivity (Wildman–Crippen MR) is 69.8 cm³/mol. The van der Waals surface area contributed by atoms with Crippen molar-refractivity contribution < 1.29 is 0 Å². The molecule has 1 nitrogen and oxygen atoms in total. The standard InChI is InChI=1S/C14H11NS/c1-10-7-9-16-14(10)12-4-2-6-13-11(12)5-3-8-15-13/h2-9H,1H3. The molecule has 2 aromatic heterocycles. The van der Waals surface area contributed by atoms with E-state index in [2.05, 4.69) is 47.6 Å². The van der Waals surface area contributed by atoms with Crippen molar-refractivity contribution in [3.8, 4) is 10.4 Å². The second-order valence-corrected chi connectivity index (χ2v) is 4.72. The summed E-state index contributed by atoms with van der Waals surface area (Å²) >= 11 is 1.79. The van der Waals surface area contributed by atoms with Crippen LogP contribution < -0.4 is 0 Å². The summed E-state index contributed by atoms with van der Waals surface area (Å²) in [4.78, 5) is 5.73. The summed E-state index contributed by atoms with van der Waals surface area (Å²) in [6.07, 6.45) is 1.84. The van der Waals surface area contributed by atoms with Crippen LogP contribution in [0.15, 0.2) is 48.0 Å². The van der Waals surface area contributed by atoms with Crippen LogP contribution in [-0.2, 0) is 0 Å². The molecule has 3 rings (SSSR count). The Balaban J connectivity index is 2.36. The monoisotopic (exact) mass is 225 g/mol. The van der Waals surface area contributed by atoms with E-state index in [0.29, 0.717) is 0 Å². The van der Waals surface area contributed by atoms with Gasteiger partial charge in [-0.2, -0.15) is 0 Å². The SMILES string of the molecule is Cc1ccsc1-c1cccc2ncccc12. The van der Waals surface area contributed by atoms with Crippen LogP contribution in [0, 0.1) is 6.92 Å². The first kappa shape index (κ1) is 9.55. The van der Waals surface area contributed by atoms with Gasteiger partial charge in [-0.15, -0.1) is 11.3 Å². The Morgan fingerprint density at radius 2 is 2.00 bits per heavy atom. The van der Waals surface area contributed by atoms with Crippen LogP contribution in [0.4, 0.5) is 0 Å². The van der Waals surface area contributed by atoms with Crippen molar-refractivity contribution in [2.24, 2.45) is 0 Å². The number of pyridine rings is 1. The Labute approximate surface area is 98.4 Å². The molecule has 0 atom stereocenters. The van der Waals surface area contributed by atoms with Crippen molar-refractivity contribution in [2.75, 3.05) is 0 Å². The molecule has 0 fully saturated rings. The molecule has 0 saturated carbocycles. The fourth-order valence-corrected chi connectivity index (χ4v) is 2.92. The lowest BCUT2D eigenvalue weighted by Gasteiger charge is -2.04. The third kappa shape index (κ3) is 1.42. The zero-order valence-electron chi connectivity index (χ0n) is 8.97. The lowest BCUT2D eigenvalue weighted by molar-refractivity contribution is 1.41. The molecule has 0 N–H and O–H groups in total. The first-order valence-corrected chi connectivity index (χ1v) is 6.12. The minimum Gasteiger partial charge on any atom is -0.256 e. The van der Waals surface area contributed by atoms with Gasteiger partial charge in [0.25, 0.3) is 0 Å². The van der Waals surface area contributed by atoms with Crippen LogP contribution in [0.25, 0.3) is 21.3 Å². The normalized spacial score (nSPS) is 10.8. The van der Waals surface area contributed by atoms with E-state index in [-0.39, 0.29) is 0 Å². The second kappa shape index (κ2) is 3.72. The van der Waals surface area contributed by atoms with Crippen molar-refractivity contribution in [2.45, 2.75) is 6.92 Å². The molecule has 2 heteroatoms. The van der Waals surface area contributed by atoms with Gasteiger partial charge in [0.1, 0.15) is 0 Å². The van der Waals surface area contributed by atoms with E-state index in [9.17, 15) is 0 Å². The van der Waals surface area contributed by atoms with Gasteiger partial charge in [0.2, 0.25) is 0 Å². The first-order chi connectivity index (χ1) is 7.86. The largest absolute Gasteiger partial charge is 0.256 e. The second-order valence-electron chi connectivity index (χ2n) is 3.81. The van der Waals surface area contributed by atoms with E-state index in [1.165, 1.54) is 21.4 Å². The lowest BCUT2D eigenvalue weighted by atomic mass is 10.1. The molecule has 0 aliphatic rings. The van der Waals surface area contributed by atoms with Crippen molar-refractivity contribution in [3.05, 3.63) is 53.5 Å². The molecule has 1 aromatic carbocycles. The van der Waals surface area contributed by atoms with E-state index in [1.807, 2.05) is 12.3 Å². The predicted octanol–water partition coefficient (Wildman–Crippen LogP) is 4.27. The topological polar surface area (TPSA) is 12.9 Å². The van der Waals surface area contributed by atoms with Crippen molar-refractivity contribution in [3.63, 3.8) is 0 Å². The molecule has 16 heavy (non-hydrogen) atoms. The van der Waals surface area contributed by atoms with Gasteiger partial charge in [-0.1, -0.05) is 18.2 Å². The van der Waals surface area contributed by atoms with E-state index in [1.54, 1.807) is 11.3 Å². The molecule has 78 valence electrons. The molecule has 3 aromatic rings. The Morgan fingerprint density at radius 1 is 1.06 bits per heavy atom. The molecular weight excluding hydrogens is 214 g/mol. The zero-order chi connectivity index (χ0) is 11.0. The molecule has 2 heterocycles. The number of rotatable bonds is 1. The molecule has 0 bridgehead atoms. The number of aryl methyl sites for hydroxylation is 1. The number of aromatic nitrogens is 1. The molecular formula is C14H11NS. The van der Waals surface area contributed by atoms with Gasteiger partial charge < -0.3 is 0 Å². The molecule has 0 radical (unpaired) electrons. The minimum absolute atomic E-state index is 1.06. The summed E-state index contributed by atoms with van der Waals surface area (Å²) in [6.45, 7) is 2.15. The average Bonchev–Trinajstić information content (AvgIpc) is 2.75. The molecule has 0 aliphatic heterocycles. The molecule has 0 saturated heterocycles. The highest BCUT2D eigenvalue weighted by atomic mass is 32.1. The van der Waals surface area contributed by atoms with Gasteiger partial charge >= 0.3 is 0 Å². The molecule has 0 aliphatic carbocycles. The first-order valence-electron chi connectivity index (χ1n) is 5.24. The Bertz CT molecular complexity index is 635. The van der Waals surface area contributed by atoms with Crippen LogP contribution in [0.2, 0.25) is 0 Å². The third-order valence-corrected chi connectivity index (χ3v) is 3.80. The Morgan fingerprint density at radius 3 is 2.81 bits per heavy atom. The van der Waals surface area contributed by atoms with Gasteiger partial charge in [-0.3, -0.25) is 4.98 Å². The summed E-state index contributed by atoms with van der Waals surface area (Å²) in [7, 11) is 0. The highest BCUT2D eigenvalue weighted by molar-refractivity contribution is 7.13. The minimum atomic E-state index is 1.06. The number of nitrogens with zero attached hydrogens (tertiary/aromatic N) is 1. The third-order valence-electron chi connectivity index (χ3n) is 2.75. The van der Waals surface area contributed by atoms with Gasteiger partial charge in [-0.25, -0.2) is 0 Å². The average molecular weight is 225 g/mol. The number of thiophene rings is 1. The van der Waals surface area contributed by atoms with E-state index >= 15 is 0 Å². The lowest BCUT2D eigenvalue weighted by Crippen LogP contribution is -1.82. The fraction of sp³-hybridized carbons (Fsp3) is 0.0714. The summed E-state index contributed by atoms with van der Waals surface area (Å²) in [5.41, 5.74) is 3.69. The highest BCUT2D eigenvalue weighted by Gasteiger charge is 2.07. The fourth-order valence-electron chi connectivity index (χ4n) is 1.95. The van der Waals surface area contributed by atoms with Gasteiger partial charge in [0.05, 0.1) is 5.52 Å². The summed E-state index contributed by atoms with van der Waals surface area (Å²) < 4.78 is 0. The number of hydrogen-bond acceptors (Lipinski definition) is 2. The quantitative estimate of drug-likeness (QED) is 0.602. The van der Waals surface area contributed by atoms with Crippen LogP contribution in [-0.4, -0.2) is 4.98 Å². The molecule has 0 amide bonds. The van der Waals surface area contributed by atoms with Crippen LogP contribution >= 0.6 is 11.3 Å². The van der Waals surface area contributed by atoms with Crippen molar-refractivity contribution in [1.29, 1.82) is 0 Å². The highest BCUT2D eigenvalue weighted by Crippen LogP contribution is 2.33. The van der Waals surface area contributed by atoms with Crippen LogP contribution in [0.1, 0.15) is 5.56 Å². The number of fused-ring (bicyclic) bond motifs is 1. The maximum Gasteiger partial charge on any atom is 0.0708 e. The zero-order valence-corrected chi connectivity index (χ0v) is 9.79. The van der Waals surface area contributed by atoms with Gasteiger partial charge in [-0.05, 0) is 36.1 Å². The van der Waals surface area contributed by atoms with Gasteiger partial charge in [0, 0.05) is 22.0 Å². The maximum atomic E-state index is 4.39. The Kier molecular flexibility index (Phi) is 2.22. The van der Waals surface area contributed by atoms with Crippen molar-refractivity contribution >= 4 is 22.2 Å².